The highest BCUT2D eigenvalue weighted by Gasteiger charge is 2.26. The van der Waals surface area contributed by atoms with E-state index in [2.05, 4.69) is 10.6 Å². The van der Waals surface area contributed by atoms with E-state index in [4.69, 9.17) is 20.5 Å². The van der Waals surface area contributed by atoms with E-state index in [1.807, 2.05) is 30.3 Å². The van der Waals surface area contributed by atoms with Gasteiger partial charge in [0, 0.05) is 29.8 Å². The molecule has 11 nitrogen and oxygen atoms in total. The SMILES string of the molecule is CCOP(=O)(CCSCC(NC(=O)CCC(N)C(=O)O)C(=O)NCC(=O)O)SCc1ccccc1. The number of thioether (sulfide) groups is 1. The lowest BCUT2D eigenvalue weighted by Gasteiger charge is -2.20. The molecular weight excluding hydrogens is 517 g/mol. The van der Waals surface area contributed by atoms with Crippen molar-refractivity contribution in [1.82, 2.24) is 10.6 Å². The molecule has 0 aliphatic rings. The Morgan fingerprint density at radius 1 is 1.17 bits per heavy atom. The van der Waals surface area contributed by atoms with Gasteiger partial charge in [0.25, 0.3) is 6.57 Å². The molecule has 0 radical (unpaired) electrons. The number of carboxylic acids is 2. The van der Waals surface area contributed by atoms with Crippen molar-refractivity contribution in [2.45, 2.75) is 37.6 Å². The normalized spacial score (nSPS) is 14.3. The summed E-state index contributed by atoms with van der Waals surface area (Å²) >= 11 is 2.51. The fraction of sp³-hybridized carbons (Fsp3) is 0.524. The summed E-state index contributed by atoms with van der Waals surface area (Å²) in [6, 6.07) is 7.30. The zero-order valence-electron chi connectivity index (χ0n) is 19.4. The summed E-state index contributed by atoms with van der Waals surface area (Å²) in [6.07, 6.45) is -0.0850. The Labute approximate surface area is 212 Å². The maximum Gasteiger partial charge on any atom is 0.322 e. The summed E-state index contributed by atoms with van der Waals surface area (Å²) in [6.45, 7) is -1.56. The van der Waals surface area contributed by atoms with Crippen molar-refractivity contribution in [3.05, 3.63) is 35.9 Å². The summed E-state index contributed by atoms with van der Waals surface area (Å²) in [7, 11) is 0. The standard InChI is InChI=1S/C21H32N3O8PS2/c1-2-32-33(31,35-13-15-6-4-3-5-7-15)10-11-34-14-17(20(28)23-12-19(26)27)24-18(25)9-8-16(22)21(29)30/h3-7,16-17H,2,8-14,22H2,1H3,(H,23,28)(H,24,25)(H,26,27)(H,29,30). The van der Waals surface area contributed by atoms with Crippen molar-refractivity contribution in [1.29, 1.82) is 0 Å². The number of hydrogen-bond donors (Lipinski definition) is 5. The van der Waals surface area contributed by atoms with E-state index in [0.29, 0.717) is 18.1 Å². The molecule has 0 saturated heterocycles. The van der Waals surface area contributed by atoms with Crippen LogP contribution in [0.15, 0.2) is 30.3 Å². The zero-order valence-corrected chi connectivity index (χ0v) is 21.9. The van der Waals surface area contributed by atoms with Gasteiger partial charge in [-0.1, -0.05) is 41.7 Å². The largest absolute Gasteiger partial charge is 0.480 e. The topological polar surface area (TPSA) is 185 Å². The van der Waals surface area contributed by atoms with Crippen molar-refractivity contribution in [2.24, 2.45) is 5.73 Å². The molecule has 0 saturated carbocycles. The molecular formula is C21H32N3O8PS2. The second kappa shape index (κ2) is 16.6. The number of nitrogens with two attached hydrogens (primary N) is 1. The molecule has 1 rings (SSSR count). The van der Waals surface area contributed by atoms with E-state index in [1.54, 1.807) is 6.92 Å². The lowest BCUT2D eigenvalue weighted by molar-refractivity contribution is -0.139. The highest BCUT2D eigenvalue weighted by atomic mass is 32.7. The Bertz CT molecular complexity index is 891. The molecule has 0 fully saturated rings. The second-order valence-electron chi connectivity index (χ2n) is 7.30. The highest BCUT2D eigenvalue weighted by Crippen LogP contribution is 2.60. The molecule has 1 aromatic carbocycles. The average molecular weight is 550 g/mol. The summed E-state index contributed by atoms with van der Waals surface area (Å²) in [5.74, 6) is -2.76. The third-order valence-electron chi connectivity index (χ3n) is 4.46. The molecule has 2 amide bonds. The smallest absolute Gasteiger partial charge is 0.322 e. The predicted octanol–water partition coefficient (Wildman–Crippen LogP) is 1.76. The number of amides is 2. The van der Waals surface area contributed by atoms with Crippen LogP contribution in [0.25, 0.3) is 0 Å². The molecule has 14 heteroatoms. The summed E-state index contributed by atoms with van der Waals surface area (Å²) < 4.78 is 18.7. The van der Waals surface area contributed by atoms with E-state index in [9.17, 15) is 23.7 Å². The van der Waals surface area contributed by atoms with Crippen molar-refractivity contribution in [3.63, 3.8) is 0 Å². The number of aliphatic carboxylic acids is 2. The number of carboxylic acid groups (broad SMARTS) is 2. The first-order valence-corrected chi connectivity index (χ1v) is 15.4. The van der Waals surface area contributed by atoms with Gasteiger partial charge in [0.15, 0.2) is 0 Å². The van der Waals surface area contributed by atoms with Gasteiger partial charge in [0.1, 0.15) is 18.6 Å². The molecule has 196 valence electrons. The van der Waals surface area contributed by atoms with Crippen molar-refractivity contribution in [2.75, 3.05) is 30.8 Å². The predicted molar refractivity (Wildman–Crippen MR) is 137 cm³/mol. The van der Waals surface area contributed by atoms with Crippen LogP contribution < -0.4 is 16.4 Å². The van der Waals surface area contributed by atoms with Crippen molar-refractivity contribution >= 4 is 53.5 Å². The number of carbonyl (C=O) groups excluding carboxylic acids is 2. The van der Waals surface area contributed by atoms with Gasteiger partial charge < -0.3 is 31.1 Å². The van der Waals surface area contributed by atoms with Crippen LogP contribution in [0.2, 0.25) is 0 Å². The van der Waals surface area contributed by atoms with Crippen LogP contribution >= 0.6 is 29.7 Å². The van der Waals surface area contributed by atoms with Crippen LogP contribution in [0.1, 0.15) is 25.3 Å². The van der Waals surface area contributed by atoms with Gasteiger partial charge in [0.05, 0.1) is 6.61 Å². The van der Waals surface area contributed by atoms with Gasteiger partial charge in [-0.25, -0.2) is 0 Å². The average Bonchev–Trinajstić information content (AvgIpc) is 2.82. The van der Waals surface area contributed by atoms with Crippen molar-refractivity contribution < 1.29 is 38.5 Å². The Morgan fingerprint density at radius 2 is 1.86 bits per heavy atom. The molecule has 0 aliphatic carbocycles. The van der Waals surface area contributed by atoms with Gasteiger partial charge in [-0.05, 0) is 18.9 Å². The van der Waals surface area contributed by atoms with Gasteiger partial charge in [0.2, 0.25) is 11.8 Å². The fourth-order valence-corrected chi connectivity index (χ4v) is 8.58. The zero-order chi connectivity index (χ0) is 26.3. The summed E-state index contributed by atoms with van der Waals surface area (Å²) in [5.41, 5.74) is 6.41. The molecule has 0 spiro atoms. The van der Waals surface area contributed by atoms with Gasteiger partial charge in [-0.15, -0.1) is 0 Å². The third-order valence-corrected chi connectivity index (χ3v) is 10.5. The number of benzene rings is 1. The quantitative estimate of drug-likeness (QED) is 0.133. The first-order chi connectivity index (χ1) is 16.6. The molecule has 0 heterocycles. The van der Waals surface area contributed by atoms with Gasteiger partial charge >= 0.3 is 11.9 Å². The van der Waals surface area contributed by atoms with E-state index < -0.39 is 49.0 Å². The molecule has 1 aromatic rings. The van der Waals surface area contributed by atoms with E-state index in [1.165, 1.54) is 23.1 Å². The van der Waals surface area contributed by atoms with Crippen LogP contribution in [-0.4, -0.2) is 76.9 Å². The number of carbonyl (C=O) groups is 4. The van der Waals surface area contributed by atoms with Gasteiger partial charge in [-0.2, -0.15) is 11.8 Å². The minimum atomic E-state index is -2.99. The molecule has 6 N–H and O–H groups in total. The second-order valence-corrected chi connectivity index (χ2v) is 13.4. The van der Waals surface area contributed by atoms with Crippen molar-refractivity contribution in [3.8, 4) is 0 Å². The third kappa shape index (κ3) is 13.6. The maximum atomic E-state index is 13.2. The Balaban J connectivity index is 2.64. The first kappa shape index (κ1) is 31.0. The van der Waals surface area contributed by atoms with E-state index in [-0.39, 0.29) is 24.8 Å². The fourth-order valence-electron chi connectivity index (χ4n) is 2.63. The maximum absolute atomic E-state index is 13.2. The monoisotopic (exact) mass is 549 g/mol. The van der Waals surface area contributed by atoms with E-state index in [0.717, 1.165) is 5.56 Å². The Hall–Kier alpha value is -2.05. The molecule has 35 heavy (non-hydrogen) atoms. The molecule has 3 atom stereocenters. The molecule has 0 bridgehead atoms. The van der Waals surface area contributed by atoms with Crippen LogP contribution in [0.3, 0.4) is 0 Å². The number of hydrogen-bond acceptors (Lipinski definition) is 9. The Morgan fingerprint density at radius 3 is 2.46 bits per heavy atom. The highest BCUT2D eigenvalue weighted by molar-refractivity contribution is 8.56. The first-order valence-electron chi connectivity index (χ1n) is 10.8. The summed E-state index contributed by atoms with van der Waals surface area (Å²) in [4.78, 5) is 46.1. The Kier molecular flexibility index (Phi) is 14.7. The minimum Gasteiger partial charge on any atom is -0.480 e. The number of rotatable bonds is 18. The molecule has 3 unspecified atom stereocenters. The van der Waals surface area contributed by atoms with Gasteiger partial charge in [-0.3, -0.25) is 23.7 Å². The van der Waals surface area contributed by atoms with Crippen LogP contribution in [0.4, 0.5) is 0 Å². The lowest BCUT2D eigenvalue weighted by atomic mass is 10.1. The molecule has 0 aromatic heterocycles. The lowest BCUT2D eigenvalue weighted by Crippen LogP contribution is -2.49. The van der Waals surface area contributed by atoms with Crippen LogP contribution in [0.5, 0.6) is 0 Å². The van der Waals surface area contributed by atoms with Crippen LogP contribution in [-0.2, 0) is 34.0 Å². The summed E-state index contributed by atoms with van der Waals surface area (Å²) in [5, 5.41) is 22.3. The molecule has 0 aliphatic heterocycles. The number of nitrogens with one attached hydrogen (secondary N) is 2. The van der Waals surface area contributed by atoms with Crippen LogP contribution in [0, 0.1) is 0 Å². The van der Waals surface area contributed by atoms with E-state index >= 15 is 0 Å². The minimum absolute atomic E-state index is 0.0949.